The van der Waals surface area contributed by atoms with E-state index in [9.17, 15) is 19.3 Å². The lowest BCUT2D eigenvalue weighted by atomic mass is 10.2. The molecule has 0 saturated carbocycles. The molecule has 0 fully saturated rings. The van der Waals surface area contributed by atoms with Crippen LogP contribution >= 0.6 is 11.6 Å². The minimum Gasteiger partial charge on any atom is -0.482 e. The summed E-state index contributed by atoms with van der Waals surface area (Å²) in [5, 5.41) is 10.7. The number of carbonyl (C=O) groups excluding carboxylic acids is 1. The topological polar surface area (TPSA) is 72.7 Å². The molecule has 0 bridgehead atoms. The van der Waals surface area contributed by atoms with Gasteiger partial charge in [-0.25, -0.2) is 4.39 Å². The van der Waals surface area contributed by atoms with Crippen molar-refractivity contribution in [2.24, 2.45) is 0 Å². The number of likely N-dealkylation sites (N-methyl/N-ethyl adjacent to an activating group) is 1. The second kappa shape index (κ2) is 7.74. The van der Waals surface area contributed by atoms with Crippen molar-refractivity contribution in [3.05, 3.63) is 63.4 Å². The van der Waals surface area contributed by atoms with Gasteiger partial charge in [-0.15, -0.1) is 0 Å². The quantitative estimate of drug-likeness (QED) is 0.585. The first-order valence-electron chi connectivity index (χ1n) is 7.05. The van der Waals surface area contributed by atoms with E-state index < -0.39 is 10.7 Å². The Labute approximate surface area is 142 Å². The Balaban J connectivity index is 2.06. The van der Waals surface area contributed by atoms with Gasteiger partial charge < -0.3 is 9.64 Å². The summed E-state index contributed by atoms with van der Waals surface area (Å²) in [6, 6.07) is 9.24. The molecule has 0 aliphatic rings. The maximum absolute atomic E-state index is 13.0. The zero-order valence-corrected chi connectivity index (χ0v) is 13.5. The summed E-state index contributed by atoms with van der Waals surface area (Å²) in [5.41, 5.74) is 0.377. The summed E-state index contributed by atoms with van der Waals surface area (Å²) in [6.45, 7) is 1.85. The normalized spacial score (nSPS) is 10.3. The first kappa shape index (κ1) is 17.7. The van der Waals surface area contributed by atoms with Crippen molar-refractivity contribution >= 4 is 28.9 Å². The summed E-state index contributed by atoms with van der Waals surface area (Å²) in [4.78, 5) is 23.8. The number of rotatable bonds is 6. The van der Waals surface area contributed by atoms with Crippen LogP contribution in [-0.2, 0) is 4.79 Å². The van der Waals surface area contributed by atoms with Gasteiger partial charge in [-0.3, -0.25) is 14.9 Å². The second-order valence-electron chi connectivity index (χ2n) is 4.77. The van der Waals surface area contributed by atoms with Crippen LogP contribution in [0, 0.1) is 15.9 Å². The van der Waals surface area contributed by atoms with E-state index in [1.54, 1.807) is 6.92 Å². The molecule has 2 aromatic rings. The van der Waals surface area contributed by atoms with Gasteiger partial charge in [0.1, 0.15) is 11.6 Å². The molecule has 0 atom stereocenters. The number of hydrogen-bond donors (Lipinski definition) is 0. The van der Waals surface area contributed by atoms with Crippen LogP contribution in [0.15, 0.2) is 42.5 Å². The molecule has 0 saturated heterocycles. The van der Waals surface area contributed by atoms with Gasteiger partial charge in [-0.1, -0.05) is 11.6 Å². The van der Waals surface area contributed by atoms with Crippen molar-refractivity contribution in [3.8, 4) is 5.75 Å². The number of nitro benzene ring substituents is 1. The Morgan fingerprint density at radius 3 is 2.50 bits per heavy atom. The fourth-order valence-corrected chi connectivity index (χ4v) is 2.29. The van der Waals surface area contributed by atoms with Gasteiger partial charge in [-0.2, -0.15) is 0 Å². The molecule has 6 nitrogen and oxygen atoms in total. The van der Waals surface area contributed by atoms with Gasteiger partial charge in [0.15, 0.2) is 6.61 Å². The summed E-state index contributed by atoms with van der Waals surface area (Å²) in [7, 11) is 0. The summed E-state index contributed by atoms with van der Waals surface area (Å²) >= 11 is 5.91. The van der Waals surface area contributed by atoms with Crippen LogP contribution in [0.25, 0.3) is 0 Å². The molecule has 1 amide bonds. The molecule has 0 aliphatic heterocycles. The van der Waals surface area contributed by atoms with E-state index in [2.05, 4.69) is 0 Å². The van der Waals surface area contributed by atoms with Crippen molar-refractivity contribution < 1.29 is 18.8 Å². The standard InChI is InChI=1S/C16H14ClFN2O4/c1-2-19(12-5-3-11(18)4-6-12)16(21)10-24-15-8-7-13(20(22)23)9-14(15)17/h3-9H,2,10H2,1H3. The predicted molar refractivity (Wildman–Crippen MR) is 88.0 cm³/mol. The Hall–Kier alpha value is -2.67. The van der Waals surface area contributed by atoms with Gasteiger partial charge in [0.05, 0.1) is 9.95 Å². The fourth-order valence-electron chi connectivity index (χ4n) is 2.06. The molecule has 0 aliphatic carbocycles. The fraction of sp³-hybridized carbons (Fsp3) is 0.188. The van der Waals surface area contributed by atoms with Gasteiger partial charge in [-0.05, 0) is 37.3 Å². The van der Waals surface area contributed by atoms with Gasteiger partial charge >= 0.3 is 0 Å². The maximum atomic E-state index is 13.0. The van der Waals surface area contributed by atoms with Gasteiger partial charge in [0.25, 0.3) is 11.6 Å². The molecule has 2 aromatic carbocycles. The van der Waals surface area contributed by atoms with E-state index in [1.807, 2.05) is 0 Å². The Morgan fingerprint density at radius 1 is 1.29 bits per heavy atom. The molecule has 0 unspecified atom stereocenters. The monoisotopic (exact) mass is 352 g/mol. The Bertz CT molecular complexity index is 752. The lowest BCUT2D eigenvalue weighted by Gasteiger charge is -2.21. The van der Waals surface area contributed by atoms with Crippen LogP contribution in [0.3, 0.4) is 0 Å². The number of carbonyl (C=O) groups is 1. The first-order chi connectivity index (χ1) is 11.4. The van der Waals surface area contributed by atoms with Crippen molar-refractivity contribution in [3.63, 3.8) is 0 Å². The number of benzene rings is 2. The third-order valence-electron chi connectivity index (χ3n) is 3.23. The van der Waals surface area contributed by atoms with E-state index >= 15 is 0 Å². The van der Waals surface area contributed by atoms with Gasteiger partial charge in [0.2, 0.25) is 0 Å². The number of hydrogen-bond acceptors (Lipinski definition) is 4. The largest absolute Gasteiger partial charge is 0.482 e. The van der Waals surface area contributed by atoms with Crippen LogP contribution in [0.2, 0.25) is 5.02 Å². The summed E-state index contributed by atoms with van der Waals surface area (Å²) < 4.78 is 18.3. The number of nitro groups is 1. The third-order valence-corrected chi connectivity index (χ3v) is 3.53. The zero-order valence-electron chi connectivity index (χ0n) is 12.7. The number of anilines is 1. The Kier molecular flexibility index (Phi) is 5.70. The zero-order chi connectivity index (χ0) is 17.7. The third kappa shape index (κ3) is 4.20. The smallest absolute Gasteiger partial charge is 0.271 e. The first-order valence-corrected chi connectivity index (χ1v) is 7.43. The molecule has 0 heterocycles. The second-order valence-corrected chi connectivity index (χ2v) is 5.18. The predicted octanol–water partition coefficient (Wildman–Crippen LogP) is 3.82. The van der Waals surface area contributed by atoms with Crippen molar-refractivity contribution in [2.45, 2.75) is 6.92 Å². The number of nitrogens with zero attached hydrogens (tertiary/aromatic N) is 2. The molecule has 0 radical (unpaired) electrons. The molecule has 0 spiro atoms. The highest BCUT2D eigenvalue weighted by Gasteiger charge is 2.16. The number of non-ortho nitro benzene ring substituents is 1. The minimum atomic E-state index is -0.575. The van der Waals surface area contributed by atoms with E-state index in [0.29, 0.717) is 12.2 Å². The van der Waals surface area contributed by atoms with E-state index in [0.717, 1.165) is 6.07 Å². The molecular weight excluding hydrogens is 339 g/mol. The highest BCUT2D eigenvalue weighted by Crippen LogP contribution is 2.28. The van der Waals surface area contributed by atoms with Crippen molar-refractivity contribution in [2.75, 3.05) is 18.1 Å². The lowest BCUT2D eigenvalue weighted by molar-refractivity contribution is -0.384. The lowest BCUT2D eigenvalue weighted by Crippen LogP contribution is -2.34. The summed E-state index contributed by atoms with van der Waals surface area (Å²) in [6.07, 6.45) is 0. The number of ether oxygens (including phenoxy) is 1. The van der Waals surface area contributed by atoms with Crippen LogP contribution in [0.5, 0.6) is 5.75 Å². The molecule has 2 rings (SSSR count). The number of amides is 1. The van der Waals surface area contributed by atoms with Crippen LogP contribution < -0.4 is 9.64 Å². The van der Waals surface area contributed by atoms with Crippen LogP contribution in [-0.4, -0.2) is 24.0 Å². The molecular formula is C16H14ClFN2O4. The Morgan fingerprint density at radius 2 is 1.96 bits per heavy atom. The molecule has 126 valence electrons. The van der Waals surface area contributed by atoms with Crippen molar-refractivity contribution in [1.29, 1.82) is 0 Å². The average molecular weight is 353 g/mol. The van der Waals surface area contributed by atoms with E-state index in [4.69, 9.17) is 16.3 Å². The molecule has 8 heteroatoms. The van der Waals surface area contributed by atoms with E-state index in [1.165, 1.54) is 41.3 Å². The average Bonchev–Trinajstić information content (AvgIpc) is 2.56. The molecule has 0 N–H and O–H groups in total. The highest BCUT2D eigenvalue weighted by molar-refractivity contribution is 6.32. The number of halogens is 2. The SMILES string of the molecule is CCN(C(=O)COc1ccc([N+](=O)[O-])cc1Cl)c1ccc(F)cc1. The van der Waals surface area contributed by atoms with Crippen LogP contribution in [0.4, 0.5) is 15.8 Å². The summed E-state index contributed by atoms with van der Waals surface area (Å²) in [5.74, 6) is -0.569. The maximum Gasteiger partial charge on any atom is 0.271 e. The minimum absolute atomic E-state index is 0.0434. The molecule has 24 heavy (non-hydrogen) atoms. The molecule has 0 aromatic heterocycles. The van der Waals surface area contributed by atoms with E-state index in [-0.39, 0.29) is 29.0 Å². The van der Waals surface area contributed by atoms with Crippen LogP contribution in [0.1, 0.15) is 6.92 Å². The van der Waals surface area contributed by atoms with Gasteiger partial charge in [0, 0.05) is 24.4 Å². The highest BCUT2D eigenvalue weighted by atomic mass is 35.5. The van der Waals surface area contributed by atoms with Crippen molar-refractivity contribution in [1.82, 2.24) is 0 Å².